The van der Waals surface area contributed by atoms with Crippen molar-refractivity contribution in [1.29, 1.82) is 0 Å². The Balaban J connectivity index is 1.68. The van der Waals surface area contributed by atoms with E-state index in [1.807, 2.05) is 17.0 Å². The summed E-state index contributed by atoms with van der Waals surface area (Å²) in [5.41, 5.74) is 7.25. The van der Waals surface area contributed by atoms with E-state index in [0.717, 1.165) is 11.1 Å². The van der Waals surface area contributed by atoms with Crippen LogP contribution in [0.3, 0.4) is 0 Å². The second-order valence-corrected chi connectivity index (χ2v) is 10.0. The molecule has 2 N–H and O–H groups in total. The van der Waals surface area contributed by atoms with Crippen LogP contribution in [0.25, 0.3) is 11.3 Å². The molecule has 1 fully saturated rings. The van der Waals surface area contributed by atoms with Gasteiger partial charge in [-0.2, -0.15) is 13.2 Å². The van der Waals surface area contributed by atoms with Crippen LogP contribution in [0.15, 0.2) is 42.6 Å². The minimum absolute atomic E-state index is 0.0991. The molecule has 0 aliphatic carbocycles. The van der Waals surface area contributed by atoms with Gasteiger partial charge in [0, 0.05) is 49.5 Å². The molecule has 1 saturated heterocycles. The van der Waals surface area contributed by atoms with Crippen LogP contribution in [0.1, 0.15) is 56.0 Å². The molecule has 1 aliphatic rings. The lowest BCUT2D eigenvalue weighted by molar-refractivity contribution is -0.140. The molecule has 1 aromatic carbocycles. The number of nitrogens with two attached hydrogens (primary N) is 1. The average molecular weight is 507 g/mol. The number of halogens is 3. The Bertz CT molecular complexity index is 1040. The van der Waals surface area contributed by atoms with Gasteiger partial charge in [0.05, 0.1) is 12.1 Å². The van der Waals surface area contributed by atoms with Gasteiger partial charge >= 0.3 is 12.3 Å². The maximum atomic E-state index is 13.0. The quantitative estimate of drug-likeness (QED) is 0.571. The van der Waals surface area contributed by atoms with Crippen LogP contribution in [0.4, 0.5) is 18.0 Å². The third kappa shape index (κ3) is 8.22. The molecule has 0 atom stereocenters. The largest absolute Gasteiger partial charge is 0.444 e. The molecule has 0 unspecified atom stereocenters. The zero-order valence-electron chi connectivity index (χ0n) is 20.8. The van der Waals surface area contributed by atoms with Crippen molar-refractivity contribution in [1.82, 2.24) is 14.8 Å². The van der Waals surface area contributed by atoms with E-state index < -0.39 is 30.2 Å². The van der Waals surface area contributed by atoms with Crippen molar-refractivity contribution >= 4 is 12.0 Å². The summed E-state index contributed by atoms with van der Waals surface area (Å²) in [7, 11) is 0. The second-order valence-electron chi connectivity index (χ2n) is 10.0. The lowest BCUT2D eigenvalue weighted by atomic mass is 10.0. The predicted octanol–water partition coefficient (Wildman–Crippen LogP) is 5.00. The van der Waals surface area contributed by atoms with E-state index in [0.29, 0.717) is 43.7 Å². The average Bonchev–Trinajstić information content (AvgIpc) is 2.80. The number of ether oxygens (including phenoxy) is 1. The number of pyridine rings is 1. The number of carbonyl (C=O) groups is 2. The van der Waals surface area contributed by atoms with Gasteiger partial charge in [0.2, 0.25) is 5.91 Å². The van der Waals surface area contributed by atoms with E-state index in [1.165, 1.54) is 0 Å². The number of nitrogens with zero attached hydrogens (tertiary/aromatic N) is 3. The maximum Gasteiger partial charge on any atom is 0.410 e. The van der Waals surface area contributed by atoms with Crippen LogP contribution in [-0.2, 0) is 11.3 Å². The summed E-state index contributed by atoms with van der Waals surface area (Å²) in [5.74, 6) is -0.536. The molecule has 0 spiro atoms. The number of benzene rings is 1. The summed E-state index contributed by atoms with van der Waals surface area (Å²) >= 11 is 0. The minimum atomic E-state index is -4.26. The van der Waals surface area contributed by atoms with Crippen molar-refractivity contribution in [3.8, 4) is 11.3 Å². The van der Waals surface area contributed by atoms with E-state index in [-0.39, 0.29) is 12.6 Å². The van der Waals surface area contributed by atoms with Gasteiger partial charge in [-0.05, 0) is 57.4 Å². The van der Waals surface area contributed by atoms with Gasteiger partial charge in [-0.3, -0.25) is 14.7 Å². The smallest absolute Gasteiger partial charge is 0.410 e. The molecule has 7 nitrogen and oxygen atoms in total. The number of amides is 2. The first kappa shape index (κ1) is 27.4. The molecule has 0 saturated carbocycles. The van der Waals surface area contributed by atoms with E-state index in [2.05, 4.69) is 4.98 Å². The topological polar surface area (TPSA) is 88.8 Å². The Kier molecular flexibility index (Phi) is 8.60. The van der Waals surface area contributed by atoms with Gasteiger partial charge in [0.15, 0.2) is 0 Å². The maximum absolute atomic E-state index is 13.0. The standard InChI is InChI=1S/C26H33F3N4O3/c1-25(2,3)36-24(35)32-12-9-21(10-13-32)33(14-11-26(27,28)29)17-18-7-8-22(31-16-18)19-5-4-6-20(15-19)23(30)34/h4-8,15-16,21H,9-14,17H2,1-3H3,(H2,30,34). The summed E-state index contributed by atoms with van der Waals surface area (Å²) in [6.07, 6.45) is -2.82. The number of alkyl halides is 3. The Hall–Kier alpha value is -3.14. The fourth-order valence-electron chi connectivity index (χ4n) is 4.16. The molecule has 1 aliphatic heterocycles. The lowest BCUT2D eigenvalue weighted by Gasteiger charge is -2.39. The molecule has 196 valence electrons. The van der Waals surface area contributed by atoms with Gasteiger partial charge in [0.25, 0.3) is 0 Å². The first-order valence-electron chi connectivity index (χ1n) is 11.9. The van der Waals surface area contributed by atoms with E-state index in [1.54, 1.807) is 56.1 Å². The van der Waals surface area contributed by atoms with Crippen molar-refractivity contribution in [2.75, 3.05) is 19.6 Å². The number of piperidine rings is 1. The van der Waals surface area contributed by atoms with E-state index in [4.69, 9.17) is 10.5 Å². The highest BCUT2D eigenvalue weighted by atomic mass is 19.4. The fourth-order valence-corrected chi connectivity index (χ4v) is 4.16. The Morgan fingerprint density at radius 3 is 2.39 bits per heavy atom. The number of primary amides is 1. The number of likely N-dealkylation sites (tertiary alicyclic amines) is 1. The highest BCUT2D eigenvalue weighted by molar-refractivity contribution is 5.93. The number of hydrogen-bond donors (Lipinski definition) is 1. The molecular weight excluding hydrogens is 473 g/mol. The molecule has 0 radical (unpaired) electrons. The summed E-state index contributed by atoms with van der Waals surface area (Å²) < 4.78 is 44.5. The molecule has 10 heteroatoms. The number of carbonyl (C=O) groups excluding carboxylic acids is 2. The van der Waals surface area contributed by atoms with Gasteiger partial charge in [-0.15, -0.1) is 0 Å². The predicted molar refractivity (Wildman–Crippen MR) is 130 cm³/mol. The summed E-state index contributed by atoms with van der Waals surface area (Å²) in [6, 6.07) is 10.3. The molecule has 2 amide bonds. The van der Waals surface area contributed by atoms with E-state index in [9.17, 15) is 22.8 Å². The fraction of sp³-hybridized carbons (Fsp3) is 0.500. The van der Waals surface area contributed by atoms with Crippen molar-refractivity contribution in [3.63, 3.8) is 0 Å². The van der Waals surface area contributed by atoms with Crippen molar-refractivity contribution in [2.24, 2.45) is 5.73 Å². The summed E-state index contributed by atoms with van der Waals surface area (Å²) in [5, 5.41) is 0. The van der Waals surface area contributed by atoms with Gasteiger partial charge < -0.3 is 15.4 Å². The Morgan fingerprint density at radius 2 is 1.83 bits per heavy atom. The Labute approximate surface area is 209 Å². The first-order chi connectivity index (χ1) is 16.8. The number of hydrogen-bond acceptors (Lipinski definition) is 5. The highest BCUT2D eigenvalue weighted by Crippen LogP contribution is 2.26. The van der Waals surface area contributed by atoms with Crippen LogP contribution in [0, 0.1) is 0 Å². The van der Waals surface area contributed by atoms with Crippen molar-refractivity contribution < 1.29 is 27.5 Å². The summed E-state index contributed by atoms with van der Waals surface area (Å²) in [4.78, 5) is 31.7. The highest BCUT2D eigenvalue weighted by Gasteiger charge is 2.33. The van der Waals surface area contributed by atoms with Crippen molar-refractivity contribution in [3.05, 3.63) is 53.7 Å². The third-order valence-corrected chi connectivity index (χ3v) is 5.97. The zero-order chi connectivity index (χ0) is 26.5. The Morgan fingerprint density at radius 1 is 1.14 bits per heavy atom. The normalized spacial score (nSPS) is 15.2. The van der Waals surface area contributed by atoms with Crippen LogP contribution < -0.4 is 5.73 Å². The third-order valence-electron chi connectivity index (χ3n) is 5.97. The zero-order valence-corrected chi connectivity index (χ0v) is 20.8. The SMILES string of the molecule is CC(C)(C)OC(=O)N1CCC(N(CCC(F)(F)F)Cc2ccc(-c3cccc(C(N)=O)c3)nc2)CC1. The molecular formula is C26H33F3N4O3. The molecule has 0 bridgehead atoms. The number of rotatable bonds is 7. The molecule has 2 heterocycles. The van der Waals surface area contributed by atoms with Crippen molar-refractivity contribution in [2.45, 2.75) is 64.4 Å². The second kappa shape index (κ2) is 11.3. The molecule has 1 aromatic heterocycles. The molecule has 2 aromatic rings. The van der Waals surface area contributed by atoms with Gasteiger partial charge in [-0.1, -0.05) is 18.2 Å². The van der Waals surface area contributed by atoms with Gasteiger partial charge in [-0.25, -0.2) is 4.79 Å². The lowest BCUT2D eigenvalue weighted by Crippen LogP contribution is -2.48. The monoisotopic (exact) mass is 506 g/mol. The molecule has 36 heavy (non-hydrogen) atoms. The van der Waals surface area contributed by atoms with Gasteiger partial charge in [0.1, 0.15) is 5.60 Å². The van der Waals surface area contributed by atoms with Crippen LogP contribution in [0.5, 0.6) is 0 Å². The first-order valence-corrected chi connectivity index (χ1v) is 11.9. The molecule has 3 rings (SSSR count). The number of aromatic nitrogens is 1. The van der Waals surface area contributed by atoms with E-state index >= 15 is 0 Å². The van der Waals surface area contributed by atoms with Crippen LogP contribution in [0.2, 0.25) is 0 Å². The van der Waals surface area contributed by atoms with Crippen LogP contribution >= 0.6 is 0 Å². The van der Waals surface area contributed by atoms with Crippen LogP contribution in [-0.4, -0.2) is 64.2 Å². The minimum Gasteiger partial charge on any atom is -0.444 e. The summed E-state index contributed by atoms with van der Waals surface area (Å²) in [6.45, 7) is 6.41.